The van der Waals surface area contributed by atoms with Crippen LogP contribution in [-0.4, -0.2) is 50.7 Å². The number of likely N-dealkylation sites (tertiary alicyclic amines) is 1. The Bertz CT molecular complexity index is 246. The van der Waals surface area contributed by atoms with E-state index in [1.807, 2.05) is 0 Å². The summed E-state index contributed by atoms with van der Waals surface area (Å²) < 4.78 is 0. The summed E-state index contributed by atoms with van der Waals surface area (Å²) in [6.07, 6.45) is 18.7. The highest BCUT2D eigenvalue weighted by atomic mass is 15.1. The topological polar surface area (TPSA) is 27.3 Å². The van der Waals surface area contributed by atoms with Crippen LogP contribution >= 0.6 is 0 Å². The fourth-order valence-corrected chi connectivity index (χ4v) is 4.41. The summed E-state index contributed by atoms with van der Waals surface area (Å²) in [5, 5.41) is 6.72. The average Bonchev–Trinajstić information content (AvgIpc) is 2.72. The second-order valence-corrected chi connectivity index (χ2v) is 9.91. The Morgan fingerprint density at radius 2 is 1.13 bits per heavy atom. The lowest BCUT2D eigenvalue weighted by molar-refractivity contribution is 0.277. The van der Waals surface area contributed by atoms with Gasteiger partial charge in [0.1, 0.15) is 0 Å². The average molecular weight is 444 g/mol. The van der Waals surface area contributed by atoms with E-state index in [0.717, 1.165) is 17.9 Å². The van der Waals surface area contributed by atoms with Gasteiger partial charge in [-0.3, -0.25) is 0 Å². The Labute approximate surface area is 199 Å². The summed E-state index contributed by atoms with van der Waals surface area (Å²) >= 11 is 0. The second kappa shape index (κ2) is 24.5. The van der Waals surface area contributed by atoms with Gasteiger partial charge in [-0.15, -0.1) is 0 Å². The van der Waals surface area contributed by atoms with Crippen LogP contribution < -0.4 is 10.6 Å². The Kier molecular flexibility index (Phi) is 28.1. The molecule has 0 aromatic rings. The molecule has 4 aliphatic rings. The molecule has 2 unspecified atom stereocenters. The fraction of sp³-hybridized carbons (Fsp3) is 1.00. The van der Waals surface area contributed by atoms with Crippen molar-refractivity contribution in [3.63, 3.8) is 0 Å². The summed E-state index contributed by atoms with van der Waals surface area (Å²) in [6.45, 7) is 13.3. The van der Waals surface area contributed by atoms with Gasteiger partial charge in [-0.05, 0) is 97.1 Å². The minimum Gasteiger partial charge on any atom is -0.316 e. The zero-order valence-electron chi connectivity index (χ0n) is 19.9. The van der Waals surface area contributed by atoms with Gasteiger partial charge in [0.05, 0.1) is 0 Å². The van der Waals surface area contributed by atoms with E-state index in [-0.39, 0.29) is 22.3 Å². The maximum Gasteiger partial charge on any atom is 0.00387 e. The predicted octanol–water partition coefficient (Wildman–Crippen LogP) is 7.75. The molecular weight excluding hydrogens is 378 g/mol. The molecule has 0 spiro atoms. The van der Waals surface area contributed by atoms with Gasteiger partial charge in [-0.25, -0.2) is 0 Å². The molecule has 1 aliphatic carbocycles. The number of hydrogen-bond acceptors (Lipinski definition) is 3. The van der Waals surface area contributed by atoms with E-state index >= 15 is 0 Å². The summed E-state index contributed by atoms with van der Waals surface area (Å²) in [5.41, 5.74) is 0. The first-order valence-electron chi connectivity index (χ1n) is 12.7. The highest BCUT2D eigenvalue weighted by Gasteiger charge is 2.06. The fourth-order valence-electron chi connectivity index (χ4n) is 4.41. The van der Waals surface area contributed by atoms with E-state index in [2.05, 4.69) is 43.4 Å². The third-order valence-electron chi connectivity index (χ3n) is 6.57. The molecule has 0 aromatic carbocycles. The third-order valence-corrected chi connectivity index (χ3v) is 6.57. The molecule has 0 aromatic heterocycles. The van der Waals surface area contributed by atoms with Crippen LogP contribution in [-0.2, 0) is 0 Å². The third kappa shape index (κ3) is 22.9. The molecule has 3 nitrogen and oxygen atoms in total. The van der Waals surface area contributed by atoms with Crippen molar-refractivity contribution in [1.29, 1.82) is 0 Å². The van der Waals surface area contributed by atoms with E-state index in [4.69, 9.17) is 0 Å². The van der Waals surface area contributed by atoms with Crippen LogP contribution in [0.3, 0.4) is 0 Å². The maximum atomic E-state index is 3.38. The van der Waals surface area contributed by atoms with Crippen molar-refractivity contribution in [1.82, 2.24) is 15.5 Å². The van der Waals surface area contributed by atoms with E-state index in [0.29, 0.717) is 0 Å². The minimum atomic E-state index is 0. The first-order chi connectivity index (χ1) is 13.6. The number of nitrogens with one attached hydrogen (secondary N) is 2. The molecule has 31 heavy (non-hydrogen) atoms. The van der Waals surface area contributed by atoms with Crippen molar-refractivity contribution >= 4 is 0 Å². The molecule has 2 N–H and O–H groups in total. The van der Waals surface area contributed by atoms with E-state index in [1.54, 1.807) is 0 Å². The van der Waals surface area contributed by atoms with E-state index in [1.165, 1.54) is 116 Å². The van der Waals surface area contributed by atoms with Crippen LogP contribution in [0.4, 0.5) is 0 Å². The minimum absolute atomic E-state index is 0. The molecule has 3 heteroatoms. The lowest BCUT2D eigenvalue weighted by atomic mass is 9.91. The van der Waals surface area contributed by atoms with E-state index in [9.17, 15) is 0 Å². The van der Waals surface area contributed by atoms with Crippen LogP contribution in [0.5, 0.6) is 0 Å². The summed E-state index contributed by atoms with van der Waals surface area (Å²) in [4.78, 5) is 2.39. The molecular formula is C28H65N3. The summed E-state index contributed by atoms with van der Waals surface area (Å²) in [5.74, 6) is 1.96. The lowest BCUT2D eigenvalue weighted by Gasteiger charge is -2.20. The molecule has 4 fully saturated rings. The van der Waals surface area contributed by atoms with Crippen molar-refractivity contribution in [2.45, 2.75) is 133 Å². The maximum absolute atomic E-state index is 3.38. The molecule has 3 heterocycles. The molecule has 3 aliphatic heterocycles. The Balaban J connectivity index is -0.000000327. The first-order valence-corrected chi connectivity index (χ1v) is 12.7. The quantitative estimate of drug-likeness (QED) is 0.400. The highest BCUT2D eigenvalue weighted by Crippen LogP contribution is 2.22. The van der Waals surface area contributed by atoms with Gasteiger partial charge in [-0.1, -0.05) is 81.1 Å². The van der Waals surface area contributed by atoms with Gasteiger partial charge in [-0.2, -0.15) is 0 Å². The molecule has 1 saturated carbocycles. The number of nitrogens with zero attached hydrogens (tertiary/aromatic N) is 1. The molecule has 4 rings (SSSR count). The summed E-state index contributed by atoms with van der Waals surface area (Å²) in [6, 6.07) is 0.786. The molecule has 2 atom stereocenters. The number of rotatable bonds is 0. The smallest absolute Gasteiger partial charge is 0.00387 e. The lowest BCUT2D eigenvalue weighted by Crippen LogP contribution is -2.30. The Hall–Kier alpha value is -0.120. The van der Waals surface area contributed by atoms with Gasteiger partial charge in [0.15, 0.2) is 0 Å². The van der Waals surface area contributed by atoms with Crippen LogP contribution in [0.1, 0.15) is 127 Å². The van der Waals surface area contributed by atoms with Gasteiger partial charge >= 0.3 is 0 Å². The predicted molar refractivity (Wildman–Crippen MR) is 146 cm³/mol. The normalized spacial score (nSPS) is 26.3. The summed E-state index contributed by atoms with van der Waals surface area (Å²) in [7, 11) is 2.19. The second-order valence-electron chi connectivity index (χ2n) is 9.91. The molecule has 192 valence electrons. The van der Waals surface area contributed by atoms with Gasteiger partial charge < -0.3 is 15.5 Å². The van der Waals surface area contributed by atoms with Gasteiger partial charge in [0.2, 0.25) is 0 Å². The largest absolute Gasteiger partial charge is 0.316 e. The first kappa shape index (κ1) is 35.5. The zero-order chi connectivity index (χ0) is 20.5. The monoisotopic (exact) mass is 444 g/mol. The van der Waals surface area contributed by atoms with E-state index < -0.39 is 0 Å². The number of hydrogen-bond donors (Lipinski definition) is 2. The Morgan fingerprint density at radius 3 is 1.39 bits per heavy atom. The zero-order valence-corrected chi connectivity index (χ0v) is 19.9. The Morgan fingerprint density at radius 1 is 0.581 bits per heavy atom. The van der Waals surface area contributed by atoms with Crippen LogP contribution in [0, 0.1) is 11.8 Å². The molecule has 0 radical (unpaired) electrons. The van der Waals surface area contributed by atoms with Crippen molar-refractivity contribution in [2.24, 2.45) is 11.8 Å². The van der Waals surface area contributed by atoms with Crippen LogP contribution in [0.25, 0.3) is 0 Å². The van der Waals surface area contributed by atoms with Gasteiger partial charge in [0, 0.05) is 6.04 Å². The van der Waals surface area contributed by atoms with Crippen LogP contribution in [0.2, 0.25) is 0 Å². The SMILES string of the molecule is C.C.C.CC1CCCCC1.CC1CCCCN1.CC1CCCNC1.CN1CCCCC1. The van der Waals surface area contributed by atoms with Crippen molar-refractivity contribution < 1.29 is 0 Å². The van der Waals surface area contributed by atoms with Crippen molar-refractivity contribution in [2.75, 3.05) is 39.8 Å². The van der Waals surface area contributed by atoms with Crippen LogP contribution in [0.15, 0.2) is 0 Å². The van der Waals surface area contributed by atoms with Crippen molar-refractivity contribution in [3.05, 3.63) is 0 Å². The number of piperidine rings is 3. The van der Waals surface area contributed by atoms with Gasteiger partial charge in [0.25, 0.3) is 0 Å². The molecule has 3 saturated heterocycles. The van der Waals surface area contributed by atoms with Crippen molar-refractivity contribution in [3.8, 4) is 0 Å². The molecule has 0 bridgehead atoms. The standard InChI is InChI=1S/C7H14.3C6H13N.3CH4/c1-7-5-3-2-4-6-7;1-6-3-2-4-7-5-6;1-7-5-3-2-4-6-7;1-6-4-2-3-5-7-6;;;/h7H,2-6H2,1H3;6-7H,2-5H2,1H3;2-6H2,1H3;6-7H,2-5H2,1H3;3*1H4. The molecule has 0 amide bonds. The highest BCUT2D eigenvalue weighted by molar-refractivity contribution is 4.66.